The summed E-state index contributed by atoms with van der Waals surface area (Å²) >= 11 is 0. The average molecular weight is 226 g/mol. The van der Waals surface area contributed by atoms with Gasteiger partial charge in [0.05, 0.1) is 0 Å². The highest BCUT2D eigenvalue weighted by atomic mass is 15.1. The fourth-order valence-electron chi connectivity index (χ4n) is 2.87. The van der Waals surface area contributed by atoms with E-state index in [4.69, 9.17) is 0 Å². The second kappa shape index (κ2) is 8.08. The molecular weight excluding hydrogens is 196 g/mol. The van der Waals surface area contributed by atoms with Crippen molar-refractivity contribution >= 4 is 0 Å². The number of hydrogen-bond donors (Lipinski definition) is 1. The van der Waals surface area contributed by atoms with Crippen LogP contribution in [0.5, 0.6) is 0 Å². The normalized spacial score (nSPS) is 19.5. The van der Waals surface area contributed by atoms with Crippen LogP contribution < -0.4 is 5.32 Å². The van der Waals surface area contributed by atoms with Gasteiger partial charge in [-0.2, -0.15) is 0 Å². The van der Waals surface area contributed by atoms with Crippen molar-refractivity contribution in [2.24, 2.45) is 5.92 Å². The van der Waals surface area contributed by atoms with Gasteiger partial charge in [-0.25, -0.2) is 0 Å². The van der Waals surface area contributed by atoms with Gasteiger partial charge in [-0.3, -0.25) is 0 Å². The number of nitrogens with one attached hydrogen (secondary N) is 1. The molecule has 16 heavy (non-hydrogen) atoms. The third kappa shape index (κ3) is 4.84. The second-order valence-corrected chi connectivity index (χ2v) is 5.34. The molecule has 0 amide bonds. The smallest absolute Gasteiger partial charge is 0.0217 e. The first-order valence-electron chi connectivity index (χ1n) is 7.18. The molecule has 0 aromatic carbocycles. The molecule has 1 saturated carbocycles. The van der Waals surface area contributed by atoms with Crippen molar-refractivity contribution in [3.63, 3.8) is 0 Å². The summed E-state index contributed by atoms with van der Waals surface area (Å²) < 4.78 is 0. The van der Waals surface area contributed by atoms with E-state index in [1.807, 2.05) is 0 Å². The van der Waals surface area contributed by atoms with E-state index >= 15 is 0 Å². The van der Waals surface area contributed by atoms with E-state index in [0.717, 1.165) is 25.0 Å². The molecule has 1 unspecified atom stereocenters. The summed E-state index contributed by atoms with van der Waals surface area (Å²) in [5.74, 6) is 0.978. The van der Waals surface area contributed by atoms with Gasteiger partial charge in [0.25, 0.3) is 0 Å². The molecule has 0 saturated heterocycles. The van der Waals surface area contributed by atoms with Crippen LogP contribution in [0.3, 0.4) is 0 Å². The molecule has 1 N–H and O–H groups in total. The summed E-state index contributed by atoms with van der Waals surface area (Å²) in [6, 6.07) is 0.741. The Morgan fingerprint density at radius 1 is 1.25 bits per heavy atom. The van der Waals surface area contributed by atoms with Crippen molar-refractivity contribution < 1.29 is 0 Å². The van der Waals surface area contributed by atoms with E-state index in [2.05, 4.69) is 31.1 Å². The van der Waals surface area contributed by atoms with Crippen LogP contribution >= 0.6 is 0 Å². The molecule has 0 spiro atoms. The molecule has 1 fully saturated rings. The standard InChI is InChI=1S/C14H30N2/c1-4-8-14(11-15-5-2)16(3)12-13-9-6-7-10-13/h13-15H,4-12H2,1-3H3. The van der Waals surface area contributed by atoms with Gasteiger partial charge in [-0.1, -0.05) is 33.1 Å². The Kier molecular flexibility index (Phi) is 7.06. The molecule has 1 aliphatic rings. The molecule has 2 heteroatoms. The Morgan fingerprint density at radius 3 is 2.50 bits per heavy atom. The zero-order valence-corrected chi connectivity index (χ0v) is 11.5. The fraction of sp³-hybridized carbons (Fsp3) is 1.00. The number of hydrogen-bond acceptors (Lipinski definition) is 2. The minimum Gasteiger partial charge on any atom is -0.315 e. The summed E-state index contributed by atoms with van der Waals surface area (Å²) in [5.41, 5.74) is 0. The van der Waals surface area contributed by atoms with E-state index in [-0.39, 0.29) is 0 Å². The monoisotopic (exact) mass is 226 g/mol. The van der Waals surface area contributed by atoms with Crippen LogP contribution in [0.15, 0.2) is 0 Å². The van der Waals surface area contributed by atoms with Crippen LogP contribution in [0.25, 0.3) is 0 Å². The summed E-state index contributed by atoms with van der Waals surface area (Å²) in [5, 5.41) is 3.50. The van der Waals surface area contributed by atoms with Gasteiger partial charge in [0, 0.05) is 19.1 Å². The molecule has 1 rings (SSSR count). The predicted octanol–water partition coefficient (Wildman–Crippen LogP) is 2.89. The Hall–Kier alpha value is -0.0800. The van der Waals surface area contributed by atoms with Crippen molar-refractivity contribution in [3.05, 3.63) is 0 Å². The second-order valence-electron chi connectivity index (χ2n) is 5.34. The average Bonchev–Trinajstić information content (AvgIpc) is 2.76. The minimum atomic E-state index is 0.741. The third-order valence-corrected chi connectivity index (χ3v) is 3.90. The molecule has 0 bridgehead atoms. The fourth-order valence-corrected chi connectivity index (χ4v) is 2.87. The summed E-state index contributed by atoms with van der Waals surface area (Å²) in [6.07, 6.45) is 8.48. The van der Waals surface area contributed by atoms with E-state index < -0.39 is 0 Å². The van der Waals surface area contributed by atoms with Crippen molar-refractivity contribution in [3.8, 4) is 0 Å². The van der Waals surface area contributed by atoms with Crippen LogP contribution in [0, 0.1) is 5.92 Å². The lowest BCUT2D eigenvalue weighted by Gasteiger charge is -2.30. The first kappa shape index (κ1) is 14.0. The first-order valence-corrected chi connectivity index (χ1v) is 7.18. The maximum absolute atomic E-state index is 3.50. The van der Waals surface area contributed by atoms with Gasteiger partial charge in [0.15, 0.2) is 0 Å². The molecule has 0 aromatic rings. The lowest BCUT2D eigenvalue weighted by Crippen LogP contribution is -2.42. The van der Waals surface area contributed by atoms with E-state index in [9.17, 15) is 0 Å². The highest BCUT2D eigenvalue weighted by Gasteiger charge is 2.20. The molecule has 1 aliphatic carbocycles. The summed E-state index contributed by atoms with van der Waals surface area (Å²) in [7, 11) is 2.32. The van der Waals surface area contributed by atoms with E-state index in [1.165, 1.54) is 45.1 Å². The quantitative estimate of drug-likeness (QED) is 0.684. The van der Waals surface area contributed by atoms with Gasteiger partial charge in [-0.05, 0) is 38.8 Å². The van der Waals surface area contributed by atoms with E-state index in [1.54, 1.807) is 0 Å². The molecule has 1 atom stereocenters. The van der Waals surface area contributed by atoms with Gasteiger partial charge >= 0.3 is 0 Å². The van der Waals surface area contributed by atoms with E-state index in [0.29, 0.717) is 0 Å². The van der Waals surface area contributed by atoms with Crippen LogP contribution in [-0.2, 0) is 0 Å². The third-order valence-electron chi connectivity index (χ3n) is 3.90. The molecule has 0 radical (unpaired) electrons. The number of likely N-dealkylation sites (N-methyl/N-ethyl adjacent to an activating group) is 2. The Labute approximate surface area is 102 Å². The molecular formula is C14H30N2. The molecule has 0 aromatic heterocycles. The van der Waals surface area contributed by atoms with Gasteiger partial charge in [-0.15, -0.1) is 0 Å². The van der Waals surface area contributed by atoms with Crippen molar-refractivity contribution in [2.75, 3.05) is 26.7 Å². The zero-order chi connectivity index (χ0) is 11.8. The first-order chi connectivity index (χ1) is 7.77. The summed E-state index contributed by atoms with van der Waals surface area (Å²) in [4.78, 5) is 2.60. The lowest BCUT2D eigenvalue weighted by atomic mass is 10.1. The topological polar surface area (TPSA) is 15.3 Å². The van der Waals surface area contributed by atoms with Crippen molar-refractivity contribution in [1.29, 1.82) is 0 Å². The number of nitrogens with zero attached hydrogens (tertiary/aromatic N) is 1. The van der Waals surface area contributed by atoms with Crippen LogP contribution in [-0.4, -0.2) is 37.6 Å². The van der Waals surface area contributed by atoms with Gasteiger partial charge in [0.2, 0.25) is 0 Å². The molecule has 96 valence electrons. The van der Waals surface area contributed by atoms with Crippen LogP contribution in [0.1, 0.15) is 52.4 Å². The van der Waals surface area contributed by atoms with Crippen molar-refractivity contribution in [2.45, 2.75) is 58.4 Å². The number of rotatable bonds is 8. The highest BCUT2D eigenvalue weighted by molar-refractivity contribution is 4.76. The van der Waals surface area contributed by atoms with Crippen LogP contribution in [0.2, 0.25) is 0 Å². The highest BCUT2D eigenvalue weighted by Crippen LogP contribution is 2.25. The van der Waals surface area contributed by atoms with Crippen LogP contribution in [0.4, 0.5) is 0 Å². The largest absolute Gasteiger partial charge is 0.315 e. The Morgan fingerprint density at radius 2 is 1.94 bits per heavy atom. The maximum atomic E-state index is 3.50. The summed E-state index contributed by atoms with van der Waals surface area (Å²) in [6.45, 7) is 8.06. The maximum Gasteiger partial charge on any atom is 0.0217 e. The minimum absolute atomic E-state index is 0.741. The molecule has 2 nitrogen and oxygen atoms in total. The SMILES string of the molecule is CCCC(CNCC)N(C)CC1CCCC1. The lowest BCUT2D eigenvalue weighted by molar-refractivity contribution is 0.192. The molecule has 0 aliphatic heterocycles. The predicted molar refractivity (Wildman–Crippen MR) is 71.8 cm³/mol. The Balaban J connectivity index is 2.29. The van der Waals surface area contributed by atoms with Gasteiger partial charge < -0.3 is 10.2 Å². The zero-order valence-electron chi connectivity index (χ0n) is 11.5. The van der Waals surface area contributed by atoms with Crippen molar-refractivity contribution in [1.82, 2.24) is 10.2 Å². The van der Waals surface area contributed by atoms with Gasteiger partial charge in [0.1, 0.15) is 0 Å². The molecule has 0 heterocycles. The Bertz CT molecular complexity index is 164.